The largest absolute Gasteiger partial charge is 0.312 e. The molecule has 11 heavy (non-hydrogen) atoms. The monoisotopic (exact) mass is 154 g/mol. The fourth-order valence-electron chi connectivity index (χ4n) is 2.72. The maximum atomic E-state index is 3.61. The molecule has 2 unspecified atom stereocenters. The highest BCUT2D eigenvalue weighted by Gasteiger charge is 2.37. The number of rotatable bonds is 1. The molecule has 0 saturated carbocycles. The third kappa shape index (κ3) is 1.18. The van der Waals surface area contributed by atoms with E-state index < -0.39 is 0 Å². The van der Waals surface area contributed by atoms with Crippen LogP contribution in [0.5, 0.6) is 0 Å². The fourth-order valence-corrected chi connectivity index (χ4v) is 2.72. The topological polar surface area (TPSA) is 15.3 Å². The van der Waals surface area contributed by atoms with Gasteiger partial charge in [0.15, 0.2) is 0 Å². The summed E-state index contributed by atoms with van der Waals surface area (Å²) in [7, 11) is 2.26. The van der Waals surface area contributed by atoms with Crippen LogP contribution in [0.2, 0.25) is 0 Å². The lowest BCUT2D eigenvalue weighted by Gasteiger charge is -2.36. The van der Waals surface area contributed by atoms with Crippen LogP contribution in [0, 0.1) is 5.92 Å². The summed E-state index contributed by atoms with van der Waals surface area (Å²) < 4.78 is 0. The van der Waals surface area contributed by atoms with Crippen molar-refractivity contribution < 1.29 is 0 Å². The second-order valence-electron chi connectivity index (χ2n) is 4.03. The second kappa shape index (κ2) is 2.76. The lowest BCUT2D eigenvalue weighted by atomic mass is 9.92. The van der Waals surface area contributed by atoms with Crippen LogP contribution in [0.25, 0.3) is 0 Å². The highest BCUT2D eigenvalue weighted by molar-refractivity contribution is 4.96. The number of hydrogen-bond donors (Lipinski definition) is 1. The fraction of sp³-hybridized carbons (Fsp3) is 1.00. The number of nitrogens with one attached hydrogen (secondary N) is 1. The van der Waals surface area contributed by atoms with Crippen molar-refractivity contribution in [3.63, 3.8) is 0 Å². The van der Waals surface area contributed by atoms with Gasteiger partial charge in [0.25, 0.3) is 0 Å². The Balaban J connectivity index is 2.07. The summed E-state index contributed by atoms with van der Waals surface area (Å²) in [5.41, 5.74) is 0. The zero-order chi connectivity index (χ0) is 7.84. The molecular weight excluding hydrogens is 136 g/mol. The molecule has 2 saturated heterocycles. The van der Waals surface area contributed by atoms with Gasteiger partial charge in [-0.15, -0.1) is 0 Å². The van der Waals surface area contributed by atoms with Gasteiger partial charge in [-0.1, -0.05) is 6.92 Å². The summed E-state index contributed by atoms with van der Waals surface area (Å²) in [6.45, 7) is 4.86. The van der Waals surface area contributed by atoms with E-state index in [0.717, 1.165) is 18.0 Å². The van der Waals surface area contributed by atoms with Gasteiger partial charge in [0.2, 0.25) is 0 Å². The van der Waals surface area contributed by atoms with Crippen LogP contribution in [0.1, 0.15) is 19.8 Å². The van der Waals surface area contributed by atoms with E-state index in [-0.39, 0.29) is 0 Å². The molecule has 3 atom stereocenters. The van der Waals surface area contributed by atoms with Crippen molar-refractivity contribution in [1.29, 1.82) is 0 Å². The summed E-state index contributed by atoms with van der Waals surface area (Å²) in [5.74, 6) is 0.938. The Morgan fingerprint density at radius 2 is 2.36 bits per heavy atom. The van der Waals surface area contributed by atoms with E-state index in [2.05, 4.69) is 24.2 Å². The summed E-state index contributed by atoms with van der Waals surface area (Å²) >= 11 is 0. The molecular formula is C9H18N2. The molecule has 2 heterocycles. The van der Waals surface area contributed by atoms with E-state index in [4.69, 9.17) is 0 Å². The summed E-state index contributed by atoms with van der Waals surface area (Å²) in [5, 5.41) is 3.61. The van der Waals surface area contributed by atoms with Gasteiger partial charge in [0.1, 0.15) is 0 Å². The van der Waals surface area contributed by atoms with Crippen molar-refractivity contribution >= 4 is 0 Å². The molecule has 0 aliphatic carbocycles. The van der Waals surface area contributed by atoms with E-state index >= 15 is 0 Å². The number of hydrogen-bond acceptors (Lipinski definition) is 2. The highest BCUT2D eigenvalue weighted by atomic mass is 15.2. The third-order valence-corrected chi connectivity index (χ3v) is 3.25. The first kappa shape index (κ1) is 7.56. The molecule has 2 rings (SSSR count). The van der Waals surface area contributed by atoms with Crippen LogP contribution in [0.4, 0.5) is 0 Å². The lowest BCUT2D eigenvalue weighted by molar-refractivity contribution is 0.146. The Hall–Kier alpha value is -0.0800. The molecule has 2 fully saturated rings. The standard InChI is InChI=1S/C9H18N2/c1-3-9-8-4-7(5-10-8)6-11(9)2/h7-10H,3-6H2,1-2H3/t7-,8?,9?/m1/s1. The van der Waals surface area contributed by atoms with Gasteiger partial charge in [0, 0.05) is 18.6 Å². The van der Waals surface area contributed by atoms with Crippen LogP contribution in [-0.2, 0) is 0 Å². The minimum absolute atomic E-state index is 0.795. The Kier molecular flexibility index (Phi) is 1.90. The van der Waals surface area contributed by atoms with Gasteiger partial charge < -0.3 is 10.2 Å². The average Bonchev–Trinajstić information content (AvgIpc) is 2.34. The van der Waals surface area contributed by atoms with E-state index in [1.165, 1.54) is 25.9 Å². The maximum Gasteiger partial charge on any atom is 0.0243 e. The number of nitrogens with zero attached hydrogens (tertiary/aromatic N) is 1. The first-order valence-electron chi connectivity index (χ1n) is 4.75. The predicted octanol–water partition coefficient (Wildman–Crippen LogP) is 0.688. The molecule has 2 nitrogen and oxygen atoms in total. The minimum atomic E-state index is 0.795. The van der Waals surface area contributed by atoms with E-state index in [1.807, 2.05) is 0 Å². The second-order valence-corrected chi connectivity index (χ2v) is 4.03. The van der Waals surface area contributed by atoms with Gasteiger partial charge in [-0.25, -0.2) is 0 Å². The van der Waals surface area contributed by atoms with Gasteiger partial charge in [-0.05, 0) is 32.4 Å². The summed E-state index contributed by atoms with van der Waals surface area (Å²) in [6.07, 6.45) is 2.71. The molecule has 2 aliphatic rings. The zero-order valence-electron chi connectivity index (χ0n) is 7.51. The van der Waals surface area contributed by atoms with Crippen LogP contribution in [0.3, 0.4) is 0 Å². The van der Waals surface area contributed by atoms with Crippen molar-refractivity contribution in [3.05, 3.63) is 0 Å². The summed E-state index contributed by atoms with van der Waals surface area (Å²) in [6, 6.07) is 1.59. The molecule has 64 valence electrons. The SMILES string of the molecule is CCC1C2C[C@H](CN2)CN1C. The Labute approximate surface area is 69.0 Å². The number of fused-ring (bicyclic) bond motifs is 2. The molecule has 0 radical (unpaired) electrons. The molecule has 2 bridgehead atoms. The molecule has 0 aromatic carbocycles. The normalized spacial score (nSPS) is 44.7. The molecule has 2 aliphatic heterocycles. The molecule has 0 amide bonds. The summed E-state index contributed by atoms with van der Waals surface area (Å²) in [4.78, 5) is 2.53. The van der Waals surface area contributed by atoms with Crippen LogP contribution < -0.4 is 5.32 Å². The lowest BCUT2D eigenvalue weighted by Crippen LogP contribution is -2.48. The van der Waals surface area contributed by atoms with Gasteiger partial charge in [0.05, 0.1) is 0 Å². The number of likely N-dealkylation sites (N-methyl/N-ethyl adjacent to an activating group) is 1. The Morgan fingerprint density at radius 3 is 3.09 bits per heavy atom. The Morgan fingerprint density at radius 1 is 1.55 bits per heavy atom. The molecule has 0 aromatic heterocycles. The Bertz CT molecular complexity index is 146. The molecule has 0 spiro atoms. The highest BCUT2D eigenvalue weighted by Crippen LogP contribution is 2.27. The van der Waals surface area contributed by atoms with E-state index in [9.17, 15) is 0 Å². The van der Waals surface area contributed by atoms with Crippen molar-refractivity contribution in [2.75, 3.05) is 20.1 Å². The van der Waals surface area contributed by atoms with Crippen LogP contribution in [-0.4, -0.2) is 37.1 Å². The molecule has 0 aromatic rings. The van der Waals surface area contributed by atoms with Crippen LogP contribution >= 0.6 is 0 Å². The minimum Gasteiger partial charge on any atom is -0.312 e. The number of likely N-dealkylation sites (tertiary alicyclic amines) is 1. The van der Waals surface area contributed by atoms with E-state index in [0.29, 0.717) is 0 Å². The van der Waals surface area contributed by atoms with E-state index in [1.54, 1.807) is 0 Å². The first-order chi connectivity index (χ1) is 5.31. The van der Waals surface area contributed by atoms with Crippen molar-refractivity contribution in [2.24, 2.45) is 5.92 Å². The predicted molar refractivity (Wildman–Crippen MR) is 46.6 cm³/mol. The molecule has 2 heteroatoms. The number of piperidine rings is 1. The molecule has 1 N–H and O–H groups in total. The smallest absolute Gasteiger partial charge is 0.0243 e. The average molecular weight is 154 g/mol. The third-order valence-electron chi connectivity index (χ3n) is 3.25. The zero-order valence-corrected chi connectivity index (χ0v) is 7.51. The first-order valence-corrected chi connectivity index (χ1v) is 4.75. The quantitative estimate of drug-likeness (QED) is 0.598. The van der Waals surface area contributed by atoms with Crippen molar-refractivity contribution in [1.82, 2.24) is 10.2 Å². The van der Waals surface area contributed by atoms with Crippen molar-refractivity contribution in [3.8, 4) is 0 Å². The maximum absolute atomic E-state index is 3.61. The van der Waals surface area contributed by atoms with Gasteiger partial charge in [-0.3, -0.25) is 0 Å². The van der Waals surface area contributed by atoms with Gasteiger partial charge >= 0.3 is 0 Å². The van der Waals surface area contributed by atoms with Crippen LogP contribution in [0.15, 0.2) is 0 Å². The van der Waals surface area contributed by atoms with Gasteiger partial charge in [-0.2, -0.15) is 0 Å². The van der Waals surface area contributed by atoms with Crippen molar-refractivity contribution in [2.45, 2.75) is 31.8 Å².